The molecule has 0 saturated heterocycles. The second kappa shape index (κ2) is 5.31. The van der Waals surface area contributed by atoms with Crippen LogP contribution in [0.15, 0.2) is 48.9 Å². The molecule has 0 aromatic carbocycles. The van der Waals surface area contributed by atoms with Crippen molar-refractivity contribution < 1.29 is 9.36 Å². The van der Waals surface area contributed by atoms with Crippen LogP contribution in [0.2, 0.25) is 0 Å². The van der Waals surface area contributed by atoms with E-state index in [1.54, 1.807) is 6.20 Å². The van der Waals surface area contributed by atoms with Gasteiger partial charge in [0, 0.05) is 18.3 Å². The fraction of sp³-hybridized carbons (Fsp3) is 0.312. The lowest BCUT2D eigenvalue weighted by Gasteiger charge is -2.18. The Balaban J connectivity index is 2.20. The van der Waals surface area contributed by atoms with Gasteiger partial charge in [-0.1, -0.05) is 26.8 Å². The van der Waals surface area contributed by atoms with E-state index in [1.165, 1.54) is 0 Å². The van der Waals surface area contributed by atoms with E-state index in [1.807, 2.05) is 47.3 Å². The van der Waals surface area contributed by atoms with E-state index in [-0.39, 0.29) is 11.2 Å². The topological polar surface area (TPSA) is 33.8 Å². The zero-order chi connectivity index (χ0) is 13.9. The highest BCUT2D eigenvalue weighted by Crippen LogP contribution is 2.21. The van der Waals surface area contributed by atoms with Crippen LogP contribution in [-0.2, 0) is 12.0 Å². The lowest BCUT2D eigenvalue weighted by Crippen LogP contribution is -2.37. The summed E-state index contributed by atoms with van der Waals surface area (Å²) in [6, 6.07) is 9.61. The number of Topliss-reactive ketones (excluding diaryl/α,β-unsaturated/α-hetero) is 1. The van der Waals surface area contributed by atoms with Crippen LogP contribution in [0, 0.1) is 0 Å². The third kappa shape index (κ3) is 3.47. The minimum atomic E-state index is 0.0257. The summed E-state index contributed by atoms with van der Waals surface area (Å²) in [5.74, 6) is 0.0299. The Morgan fingerprint density at radius 1 is 1.21 bits per heavy atom. The molecule has 0 amide bonds. The number of aromatic nitrogens is 2. The van der Waals surface area contributed by atoms with Crippen molar-refractivity contribution in [3.63, 3.8) is 0 Å². The van der Waals surface area contributed by atoms with E-state index < -0.39 is 0 Å². The molecule has 0 fully saturated rings. The van der Waals surface area contributed by atoms with Gasteiger partial charge in [0.05, 0.1) is 0 Å². The maximum Gasteiger partial charge on any atom is 0.245 e. The van der Waals surface area contributed by atoms with Gasteiger partial charge < -0.3 is 0 Å². The molecule has 19 heavy (non-hydrogen) atoms. The minimum absolute atomic E-state index is 0.0257. The molecule has 0 radical (unpaired) electrons. The summed E-state index contributed by atoms with van der Waals surface area (Å²) in [6.07, 6.45) is 5.47. The van der Waals surface area contributed by atoms with Crippen LogP contribution in [0.25, 0.3) is 0 Å². The van der Waals surface area contributed by atoms with E-state index in [2.05, 4.69) is 25.8 Å². The highest BCUT2D eigenvalue weighted by molar-refractivity contribution is 5.93. The van der Waals surface area contributed by atoms with Gasteiger partial charge in [0.2, 0.25) is 12.3 Å². The molecule has 0 atom stereocenters. The average Bonchev–Trinajstić information content (AvgIpc) is 2.39. The predicted octanol–water partition coefficient (Wildman–Crippen LogP) is 2.55. The number of nitrogens with zero attached hydrogens (tertiary/aromatic N) is 2. The van der Waals surface area contributed by atoms with Crippen molar-refractivity contribution in [2.24, 2.45) is 0 Å². The largest absolute Gasteiger partial charge is 0.285 e. The maximum absolute atomic E-state index is 12.2. The molecule has 98 valence electrons. The Hall–Kier alpha value is -2.03. The Bertz CT molecular complexity index is 571. The van der Waals surface area contributed by atoms with E-state index in [9.17, 15) is 4.79 Å². The van der Waals surface area contributed by atoms with E-state index >= 15 is 0 Å². The Morgan fingerprint density at radius 3 is 2.53 bits per heavy atom. The first-order valence-electron chi connectivity index (χ1n) is 6.40. The van der Waals surface area contributed by atoms with Crippen molar-refractivity contribution in [1.82, 2.24) is 4.98 Å². The molecule has 2 aromatic rings. The SMILES string of the molecule is CC(C)(C)c1ccnc(C(=O)C[n+]2ccccc2)c1. The number of ketones is 1. The molecule has 2 aromatic heterocycles. The molecule has 0 saturated carbocycles. The quantitative estimate of drug-likeness (QED) is 0.624. The number of hydrogen-bond acceptors (Lipinski definition) is 2. The summed E-state index contributed by atoms with van der Waals surface area (Å²) in [5, 5.41) is 0. The summed E-state index contributed by atoms with van der Waals surface area (Å²) in [4.78, 5) is 16.4. The molecule has 3 nitrogen and oxygen atoms in total. The van der Waals surface area contributed by atoms with Crippen molar-refractivity contribution in [1.29, 1.82) is 0 Å². The van der Waals surface area contributed by atoms with Gasteiger partial charge in [0.1, 0.15) is 5.69 Å². The number of carbonyl (C=O) groups excluding carboxylic acids is 1. The van der Waals surface area contributed by atoms with Crippen LogP contribution < -0.4 is 4.57 Å². The number of rotatable bonds is 3. The Morgan fingerprint density at radius 2 is 1.89 bits per heavy atom. The molecular formula is C16H19N2O+. The molecule has 0 aliphatic carbocycles. The monoisotopic (exact) mass is 255 g/mol. The van der Waals surface area contributed by atoms with Crippen molar-refractivity contribution in [2.45, 2.75) is 32.7 Å². The fourth-order valence-electron chi connectivity index (χ4n) is 1.84. The highest BCUT2D eigenvalue weighted by Gasteiger charge is 2.18. The second-order valence-electron chi connectivity index (χ2n) is 5.65. The number of pyridine rings is 2. The standard InChI is InChI=1S/C16H19N2O/c1-16(2,3)13-7-8-17-14(11-13)15(19)12-18-9-5-4-6-10-18/h4-11H,12H2,1-3H3/q+1. The molecule has 0 spiro atoms. The normalized spacial score (nSPS) is 11.3. The molecule has 0 aliphatic rings. The van der Waals surface area contributed by atoms with E-state index in [0.717, 1.165) is 5.56 Å². The van der Waals surface area contributed by atoms with Gasteiger partial charge in [-0.05, 0) is 23.1 Å². The summed E-state index contributed by atoms with van der Waals surface area (Å²) in [5.41, 5.74) is 1.69. The third-order valence-electron chi connectivity index (χ3n) is 3.02. The smallest absolute Gasteiger partial charge is 0.245 e. The molecule has 0 aliphatic heterocycles. The van der Waals surface area contributed by atoms with Crippen LogP contribution in [0.5, 0.6) is 0 Å². The first-order valence-corrected chi connectivity index (χ1v) is 6.40. The van der Waals surface area contributed by atoms with Gasteiger partial charge >= 0.3 is 0 Å². The van der Waals surface area contributed by atoms with Gasteiger partial charge in [-0.2, -0.15) is 4.57 Å². The lowest BCUT2D eigenvalue weighted by molar-refractivity contribution is -0.683. The van der Waals surface area contributed by atoms with Crippen LogP contribution in [0.3, 0.4) is 0 Å². The average molecular weight is 255 g/mol. The second-order valence-corrected chi connectivity index (χ2v) is 5.65. The summed E-state index contributed by atoms with van der Waals surface area (Å²) >= 11 is 0. The first kappa shape index (κ1) is 13.4. The molecule has 0 unspecified atom stereocenters. The van der Waals surface area contributed by atoms with Crippen molar-refractivity contribution in [3.05, 3.63) is 60.2 Å². The first-order chi connectivity index (χ1) is 8.97. The minimum Gasteiger partial charge on any atom is -0.285 e. The number of hydrogen-bond donors (Lipinski definition) is 0. The van der Waals surface area contributed by atoms with Gasteiger partial charge in [-0.15, -0.1) is 0 Å². The zero-order valence-corrected chi connectivity index (χ0v) is 11.6. The fourth-order valence-corrected chi connectivity index (χ4v) is 1.84. The molecule has 2 rings (SSSR count). The molecule has 3 heteroatoms. The van der Waals surface area contributed by atoms with Gasteiger partial charge in [0.25, 0.3) is 0 Å². The van der Waals surface area contributed by atoms with Gasteiger partial charge in [0.15, 0.2) is 12.4 Å². The third-order valence-corrected chi connectivity index (χ3v) is 3.02. The van der Waals surface area contributed by atoms with Crippen molar-refractivity contribution in [2.75, 3.05) is 0 Å². The Labute approximate surface area is 113 Å². The Kier molecular flexibility index (Phi) is 3.74. The molecular weight excluding hydrogens is 236 g/mol. The van der Waals surface area contributed by atoms with Crippen LogP contribution in [0.4, 0.5) is 0 Å². The van der Waals surface area contributed by atoms with E-state index in [4.69, 9.17) is 0 Å². The van der Waals surface area contributed by atoms with Gasteiger partial charge in [-0.25, -0.2) is 0 Å². The van der Waals surface area contributed by atoms with Crippen molar-refractivity contribution in [3.8, 4) is 0 Å². The summed E-state index contributed by atoms with van der Waals surface area (Å²) in [6.45, 7) is 6.70. The summed E-state index contributed by atoms with van der Waals surface area (Å²) in [7, 11) is 0. The number of carbonyl (C=O) groups is 1. The summed E-state index contributed by atoms with van der Waals surface area (Å²) < 4.78 is 1.85. The molecule has 2 heterocycles. The van der Waals surface area contributed by atoms with Crippen LogP contribution in [0.1, 0.15) is 36.8 Å². The highest BCUT2D eigenvalue weighted by atomic mass is 16.1. The zero-order valence-electron chi connectivity index (χ0n) is 11.6. The molecule has 0 N–H and O–H groups in total. The lowest BCUT2D eigenvalue weighted by atomic mass is 9.87. The van der Waals surface area contributed by atoms with E-state index in [0.29, 0.717) is 12.2 Å². The predicted molar refractivity (Wildman–Crippen MR) is 73.9 cm³/mol. The van der Waals surface area contributed by atoms with Crippen LogP contribution >= 0.6 is 0 Å². The maximum atomic E-state index is 12.2. The van der Waals surface area contributed by atoms with Crippen molar-refractivity contribution >= 4 is 5.78 Å². The van der Waals surface area contributed by atoms with Crippen LogP contribution in [-0.4, -0.2) is 10.8 Å². The molecule has 0 bridgehead atoms. The van der Waals surface area contributed by atoms with Gasteiger partial charge in [-0.3, -0.25) is 9.78 Å².